The largest absolute Gasteiger partial charge is 0.496 e. The Morgan fingerprint density at radius 3 is 2.48 bits per heavy atom. The Kier molecular flexibility index (Phi) is 7.51. The zero-order chi connectivity index (χ0) is 30.2. The van der Waals surface area contributed by atoms with Crippen LogP contribution in [0.2, 0.25) is 0 Å². The lowest BCUT2D eigenvalue weighted by Crippen LogP contribution is -2.39. The minimum atomic E-state index is -4.18. The van der Waals surface area contributed by atoms with E-state index in [1.54, 1.807) is 56.0 Å². The van der Waals surface area contributed by atoms with Gasteiger partial charge in [0.1, 0.15) is 23.2 Å². The highest BCUT2D eigenvalue weighted by Gasteiger charge is 2.31. The number of fused-ring (bicyclic) bond motifs is 1. The molecule has 2 aromatic carbocycles. The SMILES string of the molecule is COc1ccc(F)cc1-c1c(C#N)cnc2c1cc(C1=CCN(C(=O)OC(C)(C)C)CC1)n2S(=O)(=O)c1ccccc1. The summed E-state index contributed by atoms with van der Waals surface area (Å²) in [6.07, 6.45) is 2.94. The highest BCUT2D eigenvalue weighted by molar-refractivity contribution is 7.90. The summed E-state index contributed by atoms with van der Waals surface area (Å²) in [5.74, 6) is -0.237. The summed E-state index contributed by atoms with van der Waals surface area (Å²) in [4.78, 5) is 18.7. The number of hydrogen-bond acceptors (Lipinski definition) is 7. The van der Waals surface area contributed by atoms with Crippen LogP contribution in [0.4, 0.5) is 9.18 Å². The maximum absolute atomic E-state index is 14.5. The maximum atomic E-state index is 14.5. The standard InChI is InChI=1S/C31H29FN4O5S/c1-31(2,3)41-30(37)35-14-12-20(13-15-35)26-17-25-28(24-16-22(32)10-11-27(24)40-4)21(18-33)19-34-29(25)36(26)42(38,39)23-8-6-5-7-9-23/h5-12,16-17,19H,13-15H2,1-4H3. The van der Waals surface area contributed by atoms with E-state index >= 15 is 0 Å². The number of rotatable bonds is 5. The molecule has 0 bridgehead atoms. The number of carbonyl (C=O) groups excluding carboxylic acids is 1. The monoisotopic (exact) mass is 588 g/mol. The molecule has 1 amide bonds. The summed E-state index contributed by atoms with van der Waals surface area (Å²) < 4.78 is 54.9. The van der Waals surface area contributed by atoms with Crippen molar-refractivity contribution >= 4 is 32.7 Å². The van der Waals surface area contributed by atoms with Gasteiger partial charge in [-0.25, -0.2) is 26.6 Å². The molecule has 4 aromatic rings. The number of nitrogens with zero attached hydrogens (tertiary/aromatic N) is 4. The number of methoxy groups -OCH3 is 1. The molecule has 1 aliphatic heterocycles. The van der Waals surface area contributed by atoms with E-state index in [0.29, 0.717) is 40.9 Å². The Morgan fingerprint density at radius 2 is 1.86 bits per heavy atom. The van der Waals surface area contributed by atoms with Crippen LogP contribution in [-0.4, -0.2) is 54.2 Å². The molecule has 0 saturated heterocycles. The van der Waals surface area contributed by atoms with Gasteiger partial charge in [0.15, 0.2) is 5.65 Å². The van der Waals surface area contributed by atoms with Gasteiger partial charge in [-0.3, -0.25) is 0 Å². The van der Waals surface area contributed by atoms with Gasteiger partial charge in [0.2, 0.25) is 0 Å². The molecule has 0 aliphatic carbocycles. The summed E-state index contributed by atoms with van der Waals surface area (Å²) in [7, 11) is -2.75. The first kappa shape index (κ1) is 28.8. The molecule has 3 heterocycles. The second kappa shape index (κ2) is 10.9. The van der Waals surface area contributed by atoms with Gasteiger partial charge in [-0.05, 0) is 69.2 Å². The van der Waals surface area contributed by atoms with Crippen LogP contribution in [0.3, 0.4) is 0 Å². The number of halogens is 1. The van der Waals surface area contributed by atoms with Gasteiger partial charge in [-0.1, -0.05) is 24.3 Å². The molecule has 0 spiro atoms. The third kappa shape index (κ3) is 5.33. The average Bonchev–Trinajstić information content (AvgIpc) is 3.37. The molecule has 0 atom stereocenters. The van der Waals surface area contributed by atoms with Crippen molar-refractivity contribution in [2.24, 2.45) is 0 Å². The third-order valence-electron chi connectivity index (χ3n) is 6.81. The molecule has 11 heteroatoms. The van der Waals surface area contributed by atoms with Crippen molar-refractivity contribution in [1.29, 1.82) is 5.26 Å². The van der Waals surface area contributed by atoms with Crippen LogP contribution in [0, 0.1) is 17.1 Å². The summed E-state index contributed by atoms with van der Waals surface area (Å²) >= 11 is 0. The van der Waals surface area contributed by atoms with Crippen molar-refractivity contribution in [1.82, 2.24) is 13.9 Å². The molecule has 2 aromatic heterocycles. The summed E-state index contributed by atoms with van der Waals surface area (Å²) in [5, 5.41) is 10.3. The van der Waals surface area contributed by atoms with E-state index < -0.39 is 27.5 Å². The summed E-state index contributed by atoms with van der Waals surface area (Å²) in [6.45, 7) is 5.87. The van der Waals surface area contributed by atoms with E-state index in [-0.39, 0.29) is 28.2 Å². The molecular weight excluding hydrogens is 559 g/mol. The number of pyridine rings is 1. The van der Waals surface area contributed by atoms with Gasteiger partial charge in [0, 0.05) is 35.8 Å². The second-order valence-corrected chi connectivity index (χ2v) is 12.5. The molecule has 42 heavy (non-hydrogen) atoms. The van der Waals surface area contributed by atoms with Crippen molar-refractivity contribution in [3.05, 3.63) is 83.9 Å². The second-order valence-electron chi connectivity index (χ2n) is 10.8. The molecule has 5 rings (SSSR count). The fourth-order valence-corrected chi connectivity index (χ4v) is 6.45. The quantitative estimate of drug-likeness (QED) is 0.282. The van der Waals surface area contributed by atoms with Crippen molar-refractivity contribution < 1.29 is 27.1 Å². The molecule has 216 valence electrons. The topological polar surface area (TPSA) is 115 Å². The van der Waals surface area contributed by atoms with Gasteiger partial charge >= 0.3 is 6.09 Å². The molecule has 0 unspecified atom stereocenters. The Labute approximate surface area is 243 Å². The molecule has 0 fully saturated rings. The minimum Gasteiger partial charge on any atom is -0.496 e. The molecule has 0 N–H and O–H groups in total. The number of amides is 1. The first-order valence-electron chi connectivity index (χ1n) is 13.2. The van der Waals surface area contributed by atoms with E-state index in [1.165, 1.54) is 43.6 Å². The predicted octanol–water partition coefficient (Wildman–Crippen LogP) is 5.98. The zero-order valence-corrected chi connectivity index (χ0v) is 24.4. The van der Waals surface area contributed by atoms with Crippen LogP contribution in [0.25, 0.3) is 27.7 Å². The number of aromatic nitrogens is 2. The van der Waals surface area contributed by atoms with E-state index in [2.05, 4.69) is 11.1 Å². The van der Waals surface area contributed by atoms with E-state index in [4.69, 9.17) is 9.47 Å². The number of hydrogen-bond donors (Lipinski definition) is 0. The number of ether oxygens (including phenoxy) is 2. The Hall–Kier alpha value is -4.69. The lowest BCUT2D eigenvalue weighted by atomic mass is 9.97. The Balaban J connectivity index is 1.76. The van der Waals surface area contributed by atoms with Crippen LogP contribution in [0.15, 0.2) is 71.8 Å². The van der Waals surface area contributed by atoms with Crippen LogP contribution in [0.5, 0.6) is 5.75 Å². The fourth-order valence-electron chi connectivity index (χ4n) is 4.93. The van der Waals surface area contributed by atoms with E-state index in [0.717, 1.165) is 3.97 Å². The first-order chi connectivity index (χ1) is 19.9. The zero-order valence-electron chi connectivity index (χ0n) is 23.6. The summed E-state index contributed by atoms with van der Waals surface area (Å²) in [6, 6.07) is 15.6. The third-order valence-corrected chi connectivity index (χ3v) is 8.53. The van der Waals surface area contributed by atoms with E-state index in [9.17, 15) is 22.9 Å². The molecular formula is C31H29FN4O5S. The number of nitriles is 1. The number of carbonyl (C=O) groups is 1. The maximum Gasteiger partial charge on any atom is 0.410 e. The fraction of sp³-hybridized carbons (Fsp3) is 0.258. The summed E-state index contributed by atoms with van der Waals surface area (Å²) in [5.41, 5.74) is 1.13. The van der Waals surface area contributed by atoms with E-state index in [1.807, 2.05) is 0 Å². The van der Waals surface area contributed by atoms with Gasteiger partial charge < -0.3 is 14.4 Å². The van der Waals surface area contributed by atoms with Gasteiger partial charge in [0.25, 0.3) is 10.0 Å². The minimum absolute atomic E-state index is 0.0478. The molecule has 1 aliphatic rings. The molecule has 9 nitrogen and oxygen atoms in total. The highest BCUT2D eigenvalue weighted by Crippen LogP contribution is 2.41. The lowest BCUT2D eigenvalue weighted by Gasteiger charge is -2.29. The van der Waals surface area contributed by atoms with Crippen molar-refractivity contribution in [3.63, 3.8) is 0 Å². The Bertz CT molecular complexity index is 1870. The molecule has 0 saturated carbocycles. The normalized spacial score (nSPS) is 13.9. The van der Waals surface area contributed by atoms with Crippen LogP contribution < -0.4 is 4.74 Å². The first-order valence-corrected chi connectivity index (χ1v) is 14.6. The van der Waals surface area contributed by atoms with Crippen molar-refractivity contribution in [2.75, 3.05) is 20.2 Å². The van der Waals surface area contributed by atoms with Gasteiger partial charge in [-0.2, -0.15) is 5.26 Å². The van der Waals surface area contributed by atoms with Crippen LogP contribution >= 0.6 is 0 Å². The van der Waals surface area contributed by atoms with Gasteiger partial charge in [0.05, 0.1) is 23.3 Å². The highest BCUT2D eigenvalue weighted by atomic mass is 32.2. The van der Waals surface area contributed by atoms with Crippen LogP contribution in [-0.2, 0) is 14.8 Å². The smallest absolute Gasteiger partial charge is 0.410 e. The Morgan fingerprint density at radius 1 is 1.12 bits per heavy atom. The van der Waals surface area contributed by atoms with Crippen LogP contribution in [0.1, 0.15) is 38.4 Å². The average molecular weight is 589 g/mol. The van der Waals surface area contributed by atoms with Gasteiger partial charge in [-0.15, -0.1) is 0 Å². The van der Waals surface area contributed by atoms with Crippen molar-refractivity contribution in [3.8, 4) is 22.9 Å². The van der Waals surface area contributed by atoms with Crippen molar-refractivity contribution in [2.45, 2.75) is 37.7 Å². The predicted molar refractivity (Wildman–Crippen MR) is 156 cm³/mol. The number of benzene rings is 2. The lowest BCUT2D eigenvalue weighted by molar-refractivity contribution is 0.0270. The molecule has 0 radical (unpaired) electrons.